The van der Waals surface area contributed by atoms with Crippen molar-refractivity contribution in [3.8, 4) is 0 Å². The third-order valence-corrected chi connectivity index (χ3v) is 5.74. The Kier molecular flexibility index (Phi) is 7.64. The largest absolute Gasteiger partial charge is 0.445 e. The summed E-state index contributed by atoms with van der Waals surface area (Å²) in [6, 6.07) is 16.9. The zero-order valence-corrected chi connectivity index (χ0v) is 19.8. The molecule has 0 saturated carbocycles. The molecule has 33 heavy (non-hydrogen) atoms. The number of nitrogens with one attached hydrogen (secondary N) is 1. The van der Waals surface area contributed by atoms with Crippen LogP contribution in [0.4, 0.5) is 9.59 Å². The number of likely N-dealkylation sites (tertiary alicyclic amines) is 1. The number of alkyl carbamates (subject to hydrolysis) is 1. The molecule has 1 atom stereocenters. The summed E-state index contributed by atoms with van der Waals surface area (Å²) < 4.78 is 10.7. The highest BCUT2D eigenvalue weighted by Crippen LogP contribution is 2.33. The third-order valence-electron chi connectivity index (χ3n) is 5.74. The predicted octanol–water partition coefficient (Wildman–Crippen LogP) is 4.89. The smallest absolute Gasteiger partial charge is 0.410 e. The lowest BCUT2D eigenvalue weighted by Gasteiger charge is -2.38. The van der Waals surface area contributed by atoms with Gasteiger partial charge in [-0.3, -0.25) is 0 Å². The minimum atomic E-state index is -1.00. The molecule has 0 aliphatic carbocycles. The number of ether oxygens (including phenoxy) is 2. The average molecular weight is 455 g/mol. The highest BCUT2D eigenvalue weighted by atomic mass is 16.6. The number of hydrogen-bond acceptors (Lipinski definition) is 5. The summed E-state index contributed by atoms with van der Waals surface area (Å²) in [5.41, 5.74) is 1.09. The number of aliphatic hydroxyl groups is 1. The molecule has 7 nitrogen and oxygen atoms in total. The molecule has 2 N–H and O–H groups in total. The first-order valence-electron chi connectivity index (χ1n) is 11.3. The lowest BCUT2D eigenvalue weighted by molar-refractivity contribution is -0.0255. The monoisotopic (exact) mass is 454 g/mol. The van der Waals surface area contributed by atoms with Gasteiger partial charge in [-0.25, -0.2) is 9.59 Å². The van der Waals surface area contributed by atoms with Crippen LogP contribution in [-0.4, -0.2) is 40.9 Å². The standard InChI is InChI=1S/C26H34N2O5/c1-19(27-23(29)33-25(2,3)4)21-10-12-22(13-11-21)26(31)14-16-28(17-15-26)24(30)32-18-20-8-6-5-7-9-20/h5-13,19,31H,14-18H2,1-4H3,(H,27,29)/t19-/m0/s1. The molecule has 0 spiro atoms. The second kappa shape index (κ2) is 10.3. The van der Waals surface area contributed by atoms with Gasteiger partial charge < -0.3 is 24.8 Å². The molecule has 2 aromatic carbocycles. The van der Waals surface area contributed by atoms with Crippen molar-refractivity contribution in [3.63, 3.8) is 0 Å². The number of hydrogen-bond donors (Lipinski definition) is 2. The molecule has 0 unspecified atom stereocenters. The molecule has 2 amide bonds. The van der Waals surface area contributed by atoms with Gasteiger partial charge in [-0.1, -0.05) is 54.6 Å². The highest BCUT2D eigenvalue weighted by Gasteiger charge is 2.36. The van der Waals surface area contributed by atoms with Crippen molar-refractivity contribution in [1.82, 2.24) is 10.2 Å². The van der Waals surface area contributed by atoms with E-state index < -0.39 is 17.3 Å². The molecule has 1 heterocycles. The van der Waals surface area contributed by atoms with Crippen LogP contribution in [0.2, 0.25) is 0 Å². The van der Waals surface area contributed by atoms with E-state index in [2.05, 4.69) is 5.32 Å². The Hall–Kier alpha value is -3.06. The maximum atomic E-state index is 12.4. The number of benzene rings is 2. The number of piperidine rings is 1. The molecule has 7 heteroatoms. The summed E-state index contributed by atoms with van der Waals surface area (Å²) in [6.45, 7) is 8.42. The van der Waals surface area contributed by atoms with Crippen LogP contribution in [-0.2, 0) is 21.7 Å². The minimum absolute atomic E-state index is 0.232. The first-order valence-corrected chi connectivity index (χ1v) is 11.3. The Labute approximate surface area is 195 Å². The summed E-state index contributed by atoms with van der Waals surface area (Å²) in [4.78, 5) is 26.0. The minimum Gasteiger partial charge on any atom is -0.445 e. The van der Waals surface area contributed by atoms with E-state index in [1.165, 1.54) is 0 Å². The number of carbonyl (C=O) groups excluding carboxylic acids is 2. The fourth-order valence-electron chi connectivity index (χ4n) is 3.81. The molecule has 1 saturated heterocycles. The lowest BCUT2D eigenvalue weighted by Crippen LogP contribution is -2.45. The van der Waals surface area contributed by atoms with Crippen LogP contribution in [0.3, 0.4) is 0 Å². The molecular formula is C26H34N2O5. The van der Waals surface area contributed by atoms with Crippen molar-refractivity contribution >= 4 is 12.2 Å². The average Bonchev–Trinajstić information content (AvgIpc) is 2.77. The van der Waals surface area contributed by atoms with E-state index in [0.29, 0.717) is 25.9 Å². The Bertz CT molecular complexity index is 929. The zero-order chi connectivity index (χ0) is 24.1. The molecule has 0 radical (unpaired) electrons. The van der Waals surface area contributed by atoms with Gasteiger partial charge in [-0.05, 0) is 57.2 Å². The van der Waals surface area contributed by atoms with E-state index in [4.69, 9.17) is 9.47 Å². The fraction of sp³-hybridized carbons (Fsp3) is 0.462. The zero-order valence-electron chi connectivity index (χ0n) is 19.8. The Morgan fingerprint density at radius 2 is 1.67 bits per heavy atom. The number of rotatable bonds is 5. The second-order valence-electron chi connectivity index (χ2n) is 9.55. The van der Waals surface area contributed by atoms with Gasteiger partial charge in [0.2, 0.25) is 0 Å². The summed E-state index contributed by atoms with van der Waals surface area (Å²) in [6.07, 6.45) is 0.0271. The second-order valence-corrected chi connectivity index (χ2v) is 9.55. The normalized spacial score (nSPS) is 16.6. The van der Waals surface area contributed by atoms with Crippen molar-refractivity contribution in [2.75, 3.05) is 13.1 Å². The third kappa shape index (κ3) is 6.96. The van der Waals surface area contributed by atoms with Crippen LogP contribution in [0.1, 0.15) is 63.3 Å². The molecular weight excluding hydrogens is 420 g/mol. The van der Waals surface area contributed by atoms with Gasteiger partial charge in [-0.15, -0.1) is 0 Å². The van der Waals surface area contributed by atoms with E-state index in [9.17, 15) is 14.7 Å². The van der Waals surface area contributed by atoms with Gasteiger partial charge in [0.25, 0.3) is 0 Å². The van der Waals surface area contributed by atoms with Gasteiger partial charge >= 0.3 is 12.2 Å². The van der Waals surface area contributed by atoms with Crippen LogP contribution in [0.5, 0.6) is 0 Å². The number of amides is 2. The van der Waals surface area contributed by atoms with Crippen molar-refractivity contribution in [3.05, 3.63) is 71.3 Å². The molecule has 1 fully saturated rings. The van der Waals surface area contributed by atoms with Gasteiger partial charge in [0.15, 0.2) is 0 Å². The molecule has 0 bridgehead atoms. The summed E-state index contributed by atoms with van der Waals surface area (Å²) in [7, 11) is 0. The molecule has 0 aromatic heterocycles. The fourth-order valence-corrected chi connectivity index (χ4v) is 3.81. The van der Waals surface area contributed by atoms with E-state index in [1.807, 2.05) is 82.3 Å². The number of nitrogens with zero attached hydrogens (tertiary/aromatic N) is 1. The van der Waals surface area contributed by atoms with Gasteiger partial charge in [0.05, 0.1) is 11.6 Å². The predicted molar refractivity (Wildman–Crippen MR) is 126 cm³/mol. The van der Waals surface area contributed by atoms with Crippen LogP contribution in [0, 0.1) is 0 Å². The quantitative estimate of drug-likeness (QED) is 0.671. The molecule has 3 rings (SSSR count). The van der Waals surface area contributed by atoms with E-state index >= 15 is 0 Å². The maximum Gasteiger partial charge on any atom is 0.410 e. The van der Waals surface area contributed by atoms with Crippen molar-refractivity contribution < 1.29 is 24.2 Å². The van der Waals surface area contributed by atoms with Crippen LogP contribution in [0.25, 0.3) is 0 Å². The molecule has 2 aromatic rings. The first-order chi connectivity index (χ1) is 15.6. The lowest BCUT2D eigenvalue weighted by atomic mass is 9.84. The van der Waals surface area contributed by atoms with Crippen molar-refractivity contribution in [2.45, 2.75) is 64.4 Å². The van der Waals surface area contributed by atoms with Gasteiger partial charge in [-0.2, -0.15) is 0 Å². The van der Waals surface area contributed by atoms with Gasteiger partial charge in [0, 0.05) is 13.1 Å². The Balaban J connectivity index is 1.52. The van der Waals surface area contributed by atoms with E-state index in [-0.39, 0.29) is 18.7 Å². The van der Waals surface area contributed by atoms with Crippen LogP contribution in [0.15, 0.2) is 54.6 Å². The maximum absolute atomic E-state index is 12.4. The molecule has 1 aliphatic rings. The number of carbonyl (C=O) groups is 2. The van der Waals surface area contributed by atoms with Crippen molar-refractivity contribution in [1.29, 1.82) is 0 Å². The first kappa shape index (κ1) is 24.6. The summed E-state index contributed by atoms with van der Waals surface area (Å²) in [5.74, 6) is 0. The van der Waals surface area contributed by atoms with E-state index in [0.717, 1.165) is 16.7 Å². The highest BCUT2D eigenvalue weighted by molar-refractivity contribution is 5.68. The Morgan fingerprint density at radius 3 is 2.24 bits per heavy atom. The van der Waals surface area contributed by atoms with Crippen molar-refractivity contribution in [2.24, 2.45) is 0 Å². The van der Waals surface area contributed by atoms with Gasteiger partial charge in [0.1, 0.15) is 12.2 Å². The SMILES string of the molecule is C[C@H](NC(=O)OC(C)(C)C)c1ccc(C2(O)CCN(C(=O)OCc3ccccc3)CC2)cc1. The van der Waals surface area contributed by atoms with Crippen LogP contribution >= 0.6 is 0 Å². The molecule has 1 aliphatic heterocycles. The summed E-state index contributed by atoms with van der Waals surface area (Å²) >= 11 is 0. The summed E-state index contributed by atoms with van der Waals surface area (Å²) in [5, 5.41) is 14.0. The van der Waals surface area contributed by atoms with E-state index in [1.54, 1.807) is 4.90 Å². The van der Waals surface area contributed by atoms with Crippen LogP contribution < -0.4 is 5.32 Å². The molecule has 178 valence electrons. The Morgan fingerprint density at radius 1 is 1.06 bits per heavy atom. The topological polar surface area (TPSA) is 88.1 Å².